The minimum atomic E-state index is 0.275. The van der Waals surface area contributed by atoms with Crippen molar-refractivity contribution in [2.24, 2.45) is 0 Å². The molecule has 2 aromatic heterocycles. The maximum Gasteiger partial charge on any atom is 0.162 e. The molecule has 0 spiro atoms. The van der Waals surface area contributed by atoms with Gasteiger partial charge in [0.1, 0.15) is 11.6 Å². The first-order valence-corrected chi connectivity index (χ1v) is 7.87. The fourth-order valence-corrected chi connectivity index (χ4v) is 3.02. The van der Waals surface area contributed by atoms with Crippen molar-refractivity contribution < 1.29 is 5.11 Å². The summed E-state index contributed by atoms with van der Waals surface area (Å²) in [7, 11) is 0. The van der Waals surface area contributed by atoms with Crippen LogP contribution in [0, 0.1) is 0 Å². The number of anilines is 1. The molecule has 1 aromatic carbocycles. The Morgan fingerprint density at radius 2 is 1.96 bits per heavy atom. The van der Waals surface area contributed by atoms with Crippen molar-refractivity contribution in [1.29, 1.82) is 0 Å². The second-order valence-electron chi connectivity index (χ2n) is 5.81. The molecule has 118 valence electrons. The molecule has 1 saturated heterocycles. The Morgan fingerprint density at radius 1 is 1.09 bits per heavy atom. The van der Waals surface area contributed by atoms with E-state index in [9.17, 15) is 5.11 Å². The highest BCUT2D eigenvalue weighted by atomic mass is 16.3. The molecule has 0 amide bonds. The Morgan fingerprint density at radius 3 is 2.78 bits per heavy atom. The van der Waals surface area contributed by atoms with Crippen LogP contribution in [0.3, 0.4) is 0 Å². The van der Waals surface area contributed by atoms with Crippen LogP contribution in [0.5, 0.6) is 5.75 Å². The van der Waals surface area contributed by atoms with Crippen LogP contribution in [0.2, 0.25) is 0 Å². The third-order valence-electron chi connectivity index (χ3n) is 4.22. The van der Waals surface area contributed by atoms with E-state index in [1.807, 2.05) is 22.7 Å². The molecular formula is C17H19N5O. The van der Waals surface area contributed by atoms with Crippen molar-refractivity contribution in [1.82, 2.24) is 19.9 Å². The van der Waals surface area contributed by atoms with Gasteiger partial charge in [-0.3, -0.25) is 4.40 Å². The minimum Gasteiger partial charge on any atom is -0.508 e. The fourth-order valence-electron chi connectivity index (χ4n) is 3.02. The Kier molecular flexibility index (Phi) is 3.59. The quantitative estimate of drug-likeness (QED) is 0.766. The number of hydrogen-bond acceptors (Lipinski definition) is 5. The molecule has 3 heterocycles. The number of nitrogens with zero attached hydrogens (tertiary/aromatic N) is 4. The second kappa shape index (κ2) is 5.89. The zero-order chi connectivity index (χ0) is 15.6. The molecule has 0 aliphatic carbocycles. The monoisotopic (exact) mass is 309 g/mol. The standard InChI is InChI=1S/C17H19N5O/c23-15-3-1-2-13(10-15)11-16-19-20-17-12-14(4-7-22(16)17)21-8-5-18-6-9-21/h1-4,7,10,12,18,23H,5-6,8-9,11H2. The van der Waals surface area contributed by atoms with Gasteiger partial charge < -0.3 is 15.3 Å². The second-order valence-corrected chi connectivity index (χ2v) is 5.81. The van der Waals surface area contributed by atoms with Crippen LogP contribution in [-0.2, 0) is 6.42 Å². The number of aromatic hydroxyl groups is 1. The van der Waals surface area contributed by atoms with Crippen molar-refractivity contribution in [3.63, 3.8) is 0 Å². The number of nitrogens with one attached hydrogen (secondary N) is 1. The van der Waals surface area contributed by atoms with Gasteiger partial charge in [0.05, 0.1) is 0 Å². The van der Waals surface area contributed by atoms with E-state index in [4.69, 9.17) is 0 Å². The van der Waals surface area contributed by atoms with Gasteiger partial charge in [-0.2, -0.15) is 0 Å². The Bertz CT molecular complexity index is 823. The average Bonchev–Trinajstić information content (AvgIpc) is 2.98. The number of rotatable bonds is 3. The van der Waals surface area contributed by atoms with E-state index in [2.05, 4.69) is 32.5 Å². The number of aromatic nitrogens is 3. The Hall–Kier alpha value is -2.60. The topological polar surface area (TPSA) is 65.7 Å². The smallest absolute Gasteiger partial charge is 0.162 e. The number of pyridine rings is 1. The number of phenolic OH excluding ortho intramolecular Hbond substituents is 1. The van der Waals surface area contributed by atoms with E-state index in [0.29, 0.717) is 6.42 Å². The molecule has 0 unspecified atom stereocenters. The summed E-state index contributed by atoms with van der Waals surface area (Å²) in [5.74, 6) is 1.15. The SMILES string of the molecule is Oc1cccc(Cc2nnc3cc(N4CCNCC4)ccn23)c1. The summed E-state index contributed by atoms with van der Waals surface area (Å²) in [4.78, 5) is 2.36. The van der Waals surface area contributed by atoms with Crippen LogP contribution >= 0.6 is 0 Å². The maximum absolute atomic E-state index is 9.58. The fraction of sp³-hybridized carbons (Fsp3) is 0.294. The van der Waals surface area contributed by atoms with Gasteiger partial charge in [0.25, 0.3) is 0 Å². The summed E-state index contributed by atoms with van der Waals surface area (Å²) >= 11 is 0. The molecule has 6 heteroatoms. The van der Waals surface area contributed by atoms with Crippen molar-refractivity contribution in [2.75, 3.05) is 31.1 Å². The number of hydrogen-bond donors (Lipinski definition) is 2. The van der Waals surface area contributed by atoms with Crippen LogP contribution in [0.15, 0.2) is 42.6 Å². The van der Waals surface area contributed by atoms with E-state index >= 15 is 0 Å². The third kappa shape index (κ3) is 2.85. The van der Waals surface area contributed by atoms with E-state index in [1.165, 1.54) is 5.69 Å². The van der Waals surface area contributed by atoms with E-state index in [1.54, 1.807) is 12.1 Å². The van der Waals surface area contributed by atoms with Crippen LogP contribution in [0.1, 0.15) is 11.4 Å². The normalized spacial score (nSPS) is 15.2. The molecule has 1 aliphatic rings. The molecule has 0 saturated carbocycles. The van der Waals surface area contributed by atoms with Gasteiger partial charge >= 0.3 is 0 Å². The zero-order valence-electron chi connectivity index (χ0n) is 12.8. The van der Waals surface area contributed by atoms with Crippen molar-refractivity contribution >= 4 is 11.3 Å². The summed E-state index contributed by atoms with van der Waals surface area (Å²) in [5, 5.41) is 21.6. The molecule has 6 nitrogen and oxygen atoms in total. The lowest BCUT2D eigenvalue weighted by Gasteiger charge is -2.29. The van der Waals surface area contributed by atoms with Crippen molar-refractivity contribution in [2.45, 2.75) is 6.42 Å². The predicted molar refractivity (Wildman–Crippen MR) is 89.0 cm³/mol. The minimum absolute atomic E-state index is 0.275. The first-order chi connectivity index (χ1) is 11.3. The molecule has 1 fully saturated rings. The highest BCUT2D eigenvalue weighted by molar-refractivity contribution is 5.56. The summed E-state index contributed by atoms with van der Waals surface area (Å²) in [5.41, 5.74) is 3.07. The number of benzene rings is 1. The predicted octanol–water partition coefficient (Wildman–Crippen LogP) is 1.44. The molecule has 0 radical (unpaired) electrons. The summed E-state index contributed by atoms with van der Waals surface area (Å²) in [6, 6.07) is 11.5. The highest BCUT2D eigenvalue weighted by Crippen LogP contribution is 2.19. The lowest BCUT2D eigenvalue weighted by atomic mass is 10.1. The van der Waals surface area contributed by atoms with Crippen molar-refractivity contribution in [3.8, 4) is 5.75 Å². The van der Waals surface area contributed by atoms with Crippen LogP contribution in [0.25, 0.3) is 5.65 Å². The van der Waals surface area contributed by atoms with E-state index < -0.39 is 0 Å². The van der Waals surface area contributed by atoms with Gasteiger partial charge in [-0.15, -0.1) is 10.2 Å². The molecular weight excluding hydrogens is 290 g/mol. The molecule has 2 N–H and O–H groups in total. The summed E-state index contributed by atoms with van der Waals surface area (Å²) < 4.78 is 2.01. The number of phenols is 1. The van der Waals surface area contributed by atoms with E-state index in [0.717, 1.165) is 43.2 Å². The highest BCUT2D eigenvalue weighted by Gasteiger charge is 2.13. The lowest BCUT2D eigenvalue weighted by Crippen LogP contribution is -2.43. The van der Waals surface area contributed by atoms with Gasteiger partial charge in [-0.05, 0) is 23.8 Å². The lowest BCUT2D eigenvalue weighted by molar-refractivity contribution is 0.474. The van der Waals surface area contributed by atoms with Crippen LogP contribution in [-0.4, -0.2) is 45.9 Å². The van der Waals surface area contributed by atoms with Gasteiger partial charge in [0.2, 0.25) is 0 Å². The summed E-state index contributed by atoms with van der Waals surface area (Å²) in [6.07, 6.45) is 2.67. The average molecular weight is 309 g/mol. The molecule has 4 rings (SSSR count). The van der Waals surface area contributed by atoms with Crippen LogP contribution in [0.4, 0.5) is 5.69 Å². The molecule has 3 aromatic rings. The molecule has 23 heavy (non-hydrogen) atoms. The van der Waals surface area contributed by atoms with E-state index in [-0.39, 0.29) is 5.75 Å². The maximum atomic E-state index is 9.58. The first-order valence-electron chi connectivity index (χ1n) is 7.87. The van der Waals surface area contributed by atoms with Gasteiger partial charge in [0, 0.05) is 50.6 Å². The number of fused-ring (bicyclic) bond motifs is 1. The zero-order valence-corrected chi connectivity index (χ0v) is 12.8. The van der Waals surface area contributed by atoms with Gasteiger partial charge in [-0.1, -0.05) is 12.1 Å². The van der Waals surface area contributed by atoms with Gasteiger partial charge in [-0.25, -0.2) is 0 Å². The Balaban J connectivity index is 1.62. The first kappa shape index (κ1) is 14.0. The van der Waals surface area contributed by atoms with Gasteiger partial charge in [0.15, 0.2) is 5.65 Å². The van der Waals surface area contributed by atoms with Crippen LogP contribution < -0.4 is 10.2 Å². The Labute approximate surface area is 134 Å². The molecule has 0 atom stereocenters. The molecule has 1 aliphatic heterocycles. The summed E-state index contributed by atoms with van der Waals surface area (Å²) in [6.45, 7) is 4.06. The third-order valence-corrected chi connectivity index (χ3v) is 4.22. The number of piperazine rings is 1. The van der Waals surface area contributed by atoms with Crippen molar-refractivity contribution in [3.05, 3.63) is 54.0 Å². The molecule has 0 bridgehead atoms. The largest absolute Gasteiger partial charge is 0.508 e.